The van der Waals surface area contributed by atoms with E-state index in [-0.39, 0.29) is 5.56 Å². The van der Waals surface area contributed by atoms with Crippen LogP contribution in [0.4, 0.5) is 0 Å². The normalized spacial score (nSPS) is 11.6. The minimum Gasteiger partial charge on any atom is -0.478 e. The number of aromatic nitrogens is 1. The zero-order chi connectivity index (χ0) is 17.5. The minimum absolute atomic E-state index is 0.238. The molecule has 5 heteroatoms. The van der Waals surface area contributed by atoms with Gasteiger partial charge >= 0.3 is 5.97 Å². The Bertz CT molecular complexity index is 930. The van der Waals surface area contributed by atoms with Gasteiger partial charge in [-0.25, -0.2) is 4.79 Å². The number of carbonyl (C=O) groups is 2. The van der Waals surface area contributed by atoms with Crippen LogP contribution in [-0.4, -0.2) is 32.3 Å². The van der Waals surface area contributed by atoms with Gasteiger partial charge in [-0.1, -0.05) is 18.2 Å². The summed E-state index contributed by atoms with van der Waals surface area (Å²) in [6.45, 7) is 2.92. The van der Waals surface area contributed by atoms with Crippen LogP contribution in [0.5, 0.6) is 0 Å². The quantitative estimate of drug-likeness (QED) is 0.774. The van der Waals surface area contributed by atoms with Gasteiger partial charge in [0.1, 0.15) is 5.60 Å². The second kappa shape index (κ2) is 5.62. The smallest absolute Gasteiger partial charge is 0.335 e. The van der Waals surface area contributed by atoms with Crippen LogP contribution in [0, 0.1) is 0 Å². The summed E-state index contributed by atoms with van der Waals surface area (Å²) in [5.74, 6) is -1.35. The highest BCUT2D eigenvalue weighted by atomic mass is 16.4. The zero-order valence-corrected chi connectivity index (χ0v) is 13.4. The molecule has 3 aromatic rings. The molecule has 0 aliphatic rings. The van der Waals surface area contributed by atoms with Crippen molar-refractivity contribution in [2.75, 3.05) is 0 Å². The lowest BCUT2D eigenvalue weighted by Crippen LogP contribution is -2.35. The van der Waals surface area contributed by atoms with Gasteiger partial charge in [0.15, 0.2) is 0 Å². The van der Waals surface area contributed by atoms with Crippen molar-refractivity contribution in [3.63, 3.8) is 0 Å². The first kappa shape index (κ1) is 16.0. The molecule has 0 aliphatic heterocycles. The van der Waals surface area contributed by atoms with Crippen LogP contribution in [0.25, 0.3) is 22.0 Å². The van der Waals surface area contributed by atoms with Gasteiger partial charge in [0, 0.05) is 11.6 Å². The van der Waals surface area contributed by atoms with Crippen LogP contribution in [0.15, 0.2) is 54.7 Å². The third-order valence-corrected chi connectivity index (χ3v) is 3.90. The first-order valence-electron chi connectivity index (χ1n) is 7.49. The lowest BCUT2D eigenvalue weighted by Gasteiger charge is -2.16. The molecule has 5 nitrogen and oxygen atoms in total. The molecule has 0 radical (unpaired) electrons. The number of aliphatic hydroxyl groups is 1. The van der Waals surface area contributed by atoms with Gasteiger partial charge in [-0.15, -0.1) is 0 Å². The first-order valence-corrected chi connectivity index (χ1v) is 7.49. The lowest BCUT2D eigenvalue weighted by molar-refractivity contribution is 0.0398. The van der Waals surface area contributed by atoms with Crippen LogP contribution < -0.4 is 0 Å². The minimum atomic E-state index is -1.45. The average Bonchev–Trinajstić information content (AvgIpc) is 2.96. The highest BCUT2D eigenvalue weighted by molar-refractivity contribution is 5.97. The summed E-state index contributed by atoms with van der Waals surface area (Å²) < 4.78 is 1.44. The number of carboxylic acids is 1. The molecule has 1 aromatic heterocycles. The molecule has 0 spiro atoms. The first-order chi connectivity index (χ1) is 11.3. The van der Waals surface area contributed by atoms with E-state index in [4.69, 9.17) is 5.11 Å². The molecule has 0 unspecified atom stereocenters. The Hall–Kier alpha value is -2.92. The molecular weight excluding hydrogens is 306 g/mol. The number of hydrogen-bond donors (Lipinski definition) is 2. The van der Waals surface area contributed by atoms with E-state index in [1.165, 1.54) is 18.4 Å². The van der Waals surface area contributed by atoms with E-state index >= 15 is 0 Å². The molecule has 2 N–H and O–H groups in total. The molecule has 0 amide bonds. The second-order valence-electron chi connectivity index (χ2n) is 6.21. The second-order valence-corrected chi connectivity index (χ2v) is 6.21. The highest BCUT2D eigenvalue weighted by Crippen LogP contribution is 2.26. The summed E-state index contributed by atoms with van der Waals surface area (Å²) in [4.78, 5) is 23.2. The number of benzene rings is 2. The van der Waals surface area contributed by atoms with E-state index in [2.05, 4.69) is 0 Å². The predicted molar refractivity (Wildman–Crippen MR) is 91.3 cm³/mol. The van der Waals surface area contributed by atoms with Gasteiger partial charge < -0.3 is 10.2 Å². The van der Waals surface area contributed by atoms with Crippen molar-refractivity contribution in [2.45, 2.75) is 19.4 Å². The third-order valence-electron chi connectivity index (χ3n) is 3.90. The summed E-state index contributed by atoms with van der Waals surface area (Å²) in [6, 6.07) is 14.1. The van der Waals surface area contributed by atoms with Crippen LogP contribution in [-0.2, 0) is 0 Å². The van der Waals surface area contributed by atoms with Crippen molar-refractivity contribution >= 4 is 22.8 Å². The Morgan fingerprint density at radius 2 is 1.58 bits per heavy atom. The molecule has 3 rings (SSSR count). The van der Waals surface area contributed by atoms with E-state index in [1.54, 1.807) is 30.5 Å². The standard InChI is InChI=1S/C19H17NO4/c1-19(2,24)18(23)20-10-9-15-11-14(7-8-16(15)20)12-3-5-13(6-4-12)17(21)22/h3-11,24H,1-2H3,(H,21,22). The third kappa shape index (κ3) is 2.81. The maximum Gasteiger partial charge on any atom is 0.335 e. The van der Waals surface area contributed by atoms with Crippen molar-refractivity contribution in [3.8, 4) is 11.1 Å². The largest absolute Gasteiger partial charge is 0.478 e. The SMILES string of the molecule is CC(C)(O)C(=O)n1ccc2cc(-c3ccc(C(=O)O)cc3)ccc21. The van der Waals surface area contributed by atoms with Crippen molar-refractivity contribution < 1.29 is 19.8 Å². The maximum atomic E-state index is 12.3. The summed E-state index contributed by atoms with van der Waals surface area (Å²) in [6.07, 6.45) is 1.64. The molecule has 24 heavy (non-hydrogen) atoms. The fourth-order valence-electron chi connectivity index (χ4n) is 2.60. The van der Waals surface area contributed by atoms with E-state index in [0.29, 0.717) is 5.52 Å². The fourth-order valence-corrected chi connectivity index (χ4v) is 2.60. The summed E-state index contributed by atoms with van der Waals surface area (Å²) in [5, 5.41) is 19.7. The molecule has 0 atom stereocenters. The van der Waals surface area contributed by atoms with Crippen LogP contribution in [0.2, 0.25) is 0 Å². The predicted octanol–water partition coefficient (Wildman–Crippen LogP) is 3.42. The topological polar surface area (TPSA) is 79.5 Å². The Morgan fingerprint density at radius 3 is 2.17 bits per heavy atom. The van der Waals surface area contributed by atoms with Crippen molar-refractivity contribution in [2.24, 2.45) is 0 Å². The highest BCUT2D eigenvalue weighted by Gasteiger charge is 2.26. The summed E-state index contributed by atoms with van der Waals surface area (Å²) in [5.41, 5.74) is 1.32. The molecular formula is C19H17NO4. The van der Waals surface area contributed by atoms with Gasteiger partial charge in [-0.05, 0) is 55.3 Å². The molecule has 0 saturated heterocycles. The van der Waals surface area contributed by atoms with E-state index in [9.17, 15) is 14.7 Å². The number of nitrogens with zero attached hydrogens (tertiary/aromatic N) is 1. The van der Waals surface area contributed by atoms with Gasteiger partial charge in [-0.3, -0.25) is 9.36 Å². The number of carbonyl (C=O) groups excluding carboxylic acids is 1. The van der Waals surface area contributed by atoms with Gasteiger partial charge in [0.2, 0.25) is 0 Å². The van der Waals surface area contributed by atoms with Gasteiger partial charge in [0.05, 0.1) is 11.1 Å². The van der Waals surface area contributed by atoms with E-state index in [0.717, 1.165) is 16.5 Å². The van der Waals surface area contributed by atoms with Crippen molar-refractivity contribution in [1.82, 2.24) is 4.57 Å². The fraction of sp³-hybridized carbons (Fsp3) is 0.158. The van der Waals surface area contributed by atoms with Crippen LogP contribution in [0.3, 0.4) is 0 Å². The van der Waals surface area contributed by atoms with E-state index in [1.807, 2.05) is 24.3 Å². The maximum absolute atomic E-state index is 12.3. The zero-order valence-electron chi connectivity index (χ0n) is 13.4. The summed E-state index contributed by atoms with van der Waals surface area (Å²) in [7, 11) is 0. The Morgan fingerprint density at radius 1 is 0.958 bits per heavy atom. The molecule has 2 aromatic carbocycles. The van der Waals surface area contributed by atoms with Gasteiger partial charge in [-0.2, -0.15) is 0 Å². The molecule has 122 valence electrons. The molecule has 1 heterocycles. The van der Waals surface area contributed by atoms with E-state index < -0.39 is 17.5 Å². The summed E-state index contributed by atoms with van der Waals surface area (Å²) >= 11 is 0. The molecule has 0 saturated carbocycles. The molecule has 0 bridgehead atoms. The number of aromatic carboxylic acids is 1. The van der Waals surface area contributed by atoms with Crippen molar-refractivity contribution in [1.29, 1.82) is 0 Å². The number of rotatable bonds is 3. The Balaban J connectivity index is 2.01. The number of hydrogen-bond acceptors (Lipinski definition) is 3. The average molecular weight is 323 g/mol. The number of carboxylic acid groups (broad SMARTS) is 1. The Labute approximate surface area is 138 Å². The van der Waals surface area contributed by atoms with Crippen molar-refractivity contribution in [3.05, 3.63) is 60.3 Å². The Kier molecular flexibility index (Phi) is 3.73. The number of fused-ring (bicyclic) bond motifs is 1. The molecule has 0 fully saturated rings. The van der Waals surface area contributed by atoms with Crippen LogP contribution >= 0.6 is 0 Å². The lowest BCUT2D eigenvalue weighted by atomic mass is 10.0. The van der Waals surface area contributed by atoms with Crippen LogP contribution in [0.1, 0.15) is 29.0 Å². The monoisotopic (exact) mass is 323 g/mol. The van der Waals surface area contributed by atoms with Gasteiger partial charge in [0.25, 0.3) is 5.91 Å². The molecule has 0 aliphatic carbocycles.